The summed E-state index contributed by atoms with van der Waals surface area (Å²) in [5, 5.41) is 2.43. The van der Waals surface area contributed by atoms with Gasteiger partial charge in [-0.15, -0.1) is 6.42 Å². The quantitative estimate of drug-likeness (QED) is 0.483. The Morgan fingerprint density at radius 3 is 2.71 bits per heavy atom. The molecule has 2 aromatic rings. The van der Waals surface area contributed by atoms with Crippen molar-refractivity contribution in [2.24, 2.45) is 10.7 Å². The lowest BCUT2D eigenvalue weighted by atomic mass is 9.83. The SMILES string of the molecule is C#CCOc1cnc(C(=O)Nc2cc(C)c(F)c([C@]3(CF)C[C@@H](C(F)(F)F)OC(N)=N3)c2)cn1. The Hall–Kier alpha value is -3.95. The molecule has 1 aromatic carbocycles. The number of aromatic nitrogens is 2. The minimum atomic E-state index is -4.90. The van der Waals surface area contributed by atoms with E-state index >= 15 is 0 Å². The molecule has 3 N–H and O–H groups in total. The first-order valence-electron chi connectivity index (χ1n) is 9.64. The van der Waals surface area contributed by atoms with E-state index in [2.05, 4.69) is 30.9 Å². The molecule has 1 amide bonds. The number of hydrogen-bond donors (Lipinski definition) is 2. The number of amidine groups is 1. The molecule has 0 radical (unpaired) electrons. The molecule has 0 spiro atoms. The van der Waals surface area contributed by atoms with Gasteiger partial charge in [0.2, 0.25) is 5.88 Å². The maximum absolute atomic E-state index is 15.0. The van der Waals surface area contributed by atoms with Gasteiger partial charge in [-0.3, -0.25) is 4.79 Å². The standard InChI is InChI=1S/C21H18F5N5O3/c1-3-4-33-16-9-28-14(8-29-16)18(32)30-12-5-11(2)17(23)13(6-12)20(10-22)7-15(21(24,25)26)34-19(27)31-20/h1,5-6,8-9,15H,4,7,10H2,2H3,(H2,27,31)(H,30,32)/t15-,20+/m0/s1. The molecule has 1 aliphatic rings. The van der Waals surface area contributed by atoms with Crippen LogP contribution < -0.4 is 15.8 Å². The summed E-state index contributed by atoms with van der Waals surface area (Å²) >= 11 is 0. The maximum atomic E-state index is 15.0. The molecule has 13 heteroatoms. The normalized spacial score (nSPS) is 20.0. The van der Waals surface area contributed by atoms with Crippen molar-refractivity contribution in [2.45, 2.75) is 31.2 Å². The molecule has 0 aliphatic carbocycles. The molecular formula is C21H18F5N5O3. The molecule has 180 valence electrons. The van der Waals surface area contributed by atoms with Gasteiger partial charge in [-0.2, -0.15) is 13.2 Å². The fraction of sp³-hybridized carbons (Fsp3) is 0.333. The van der Waals surface area contributed by atoms with Crippen molar-refractivity contribution >= 4 is 17.6 Å². The highest BCUT2D eigenvalue weighted by Gasteiger charge is 2.52. The van der Waals surface area contributed by atoms with Crippen LogP contribution in [-0.4, -0.2) is 47.5 Å². The van der Waals surface area contributed by atoms with Gasteiger partial charge in [-0.25, -0.2) is 23.7 Å². The fourth-order valence-corrected chi connectivity index (χ4v) is 3.29. The number of aliphatic imine (C=N–C) groups is 1. The smallest absolute Gasteiger partial charge is 0.425 e. The minimum Gasteiger partial charge on any atom is -0.463 e. The van der Waals surface area contributed by atoms with Gasteiger partial charge in [-0.1, -0.05) is 5.92 Å². The van der Waals surface area contributed by atoms with Gasteiger partial charge in [0.15, 0.2) is 12.7 Å². The van der Waals surface area contributed by atoms with E-state index in [-0.39, 0.29) is 29.4 Å². The number of carbonyl (C=O) groups is 1. The molecule has 8 nitrogen and oxygen atoms in total. The number of rotatable bonds is 6. The molecule has 0 bridgehead atoms. The van der Waals surface area contributed by atoms with E-state index in [0.717, 1.165) is 18.5 Å². The first-order chi connectivity index (χ1) is 16.0. The summed E-state index contributed by atoms with van der Waals surface area (Å²) in [7, 11) is 0. The van der Waals surface area contributed by atoms with Gasteiger partial charge < -0.3 is 20.5 Å². The highest BCUT2D eigenvalue weighted by Crippen LogP contribution is 2.42. The highest BCUT2D eigenvalue weighted by molar-refractivity contribution is 6.02. The van der Waals surface area contributed by atoms with E-state index in [4.69, 9.17) is 16.9 Å². The van der Waals surface area contributed by atoms with E-state index in [0.29, 0.717) is 0 Å². The van der Waals surface area contributed by atoms with Gasteiger partial charge in [0.25, 0.3) is 11.9 Å². The number of alkyl halides is 4. The summed E-state index contributed by atoms with van der Waals surface area (Å²) in [6, 6.07) is 1.28. The van der Waals surface area contributed by atoms with Crippen molar-refractivity contribution in [3.8, 4) is 18.2 Å². The number of amides is 1. The lowest BCUT2D eigenvalue weighted by Gasteiger charge is -2.37. The fourth-order valence-electron chi connectivity index (χ4n) is 3.29. The third kappa shape index (κ3) is 5.16. The van der Waals surface area contributed by atoms with Crippen LogP contribution in [0.5, 0.6) is 5.88 Å². The van der Waals surface area contributed by atoms with E-state index in [1.165, 1.54) is 13.0 Å². The summed E-state index contributed by atoms with van der Waals surface area (Å²) in [5.74, 6) is 0.545. The monoisotopic (exact) mass is 483 g/mol. The molecular weight excluding hydrogens is 465 g/mol. The van der Waals surface area contributed by atoms with Crippen molar-refractivity contribution in [2.75, 3.05) is 18.6 Å². The summed E-state index contributed by atoms with van der Waals surface area (Å²) in [6.45, 7) is -0.255. The molecule has 0 fully saturated rings. The third-order valence-electron chi connectivity index (χ3n) is 4.87. The van der Waals surface area contributed by atoms with Gasteiger partial charge in [0.1, 0.15) is 23.7 Å². The maximum Gasteiger partial charge on any atom is 0.425 e. The van der Waals surface area contributed by atoms with E-state index < -0.39 is 54.2 Å². The average molecular weight is 483 g/mol. The van der Waals surface area contributed by atoms with Crippen LogP contribution in [-0.2, 0) is 10.3 Å². The third-order valence-corrected chi connectivity index (χ3v) is 4.87. The highest BCUT2D eigenvalue weighted by atomic mass is 19.4. The van der Waals surface area contributed by atoms with Crippen LogP contribution in [0.25, 0.3) is 0 Å². The first-order valence-corrected chi connectivity index (χ1v) is 9.64. The molecule has 3 rings (SSSR count). The Morgan fingerprint density at radius 1 is 1.38 bits per heavy atom. The van der Waals surface area contributed by atoms with Gasteiger partial charge >= 0.3 is 6.18 Å². The molecule has 2 atom stereocenters. The van der Waals surface area contributed by atoms with Crippen molar-refractivity contribution in [3.05, 3.63) is 47.2 Å². The summed E-state index contributed by atoms with van der Waals surface area (Å²) in [5.41, 5.74) is 2.28. The summed E-state index contributed by atoms with van der Waals surface area (Å²) in [6.07, 6.45) is -1.12. The Bertz CT molecular complexity index is 1150. The number of nitrogens with one attached hydrogen (secondary N) is 1. The predicted octanol–water partition coefficient (Wildman–Crippen LogP) is 3.02. The zero-order valence-electron chi connectivity index (χ0n) is 17.6. The Labute approximate surface area is 190 Å². The molecule has 0 saturated carbocycles. The van der Waals surface area contributed by atoms with Crippen LogP contribution in [0.15, 0.2) is 29.5 Å². The van der Waals surface area contributed by atoms with E-state index in [9.17, 15) is 26.7 Å². The number of nitrogens with two attached hydrogens (primary N) is 1. The first kappa shape index (κ1) is 24.7. The molecule has 2 heterocycles. The summed E-state index contributed by atoms with van der Waals surface area (Å²) < 4.78 is 78.6. The second-order valence-corrected chi connectivity index (χ2v) is 7.31. The molecule has 1 aliphatic heterocycles. The molecule has 0 unspecified atom stereocenters. The molecule has 0 saturated heterocycles. The predicted molar refractivity (Wildman–Crippen MR) is 110 cm³/mol. The van der Waals surface area contributed by atoms with Crippen molar-refractivity contribution in [1.82, 2.24) is 9.97 Å². The van der Waals surface area contributed by atoms with Crippen LogP contribution in [0.1, 0.15) is 28.0 Å². The average Bonchev–Trinajstić information content (AvgIpc) is 2.79. The zero-order valence-corrected chi connectivity index (χ0v) is 17.6. The van der Waals surface area contributed by atoms with E-state index in [1.54, 1.807) is 0 Å². The number of anilines is 1. The zero-order chi connectivity index (χ0) is 25.1. The lowest BCUT2D eigenvalue weighted by molar-refractivity contribution is -0.209. The molecule has 34 heavy (non-hydrogen) atoms. The van der Waals surface area contributed by atoms with Crippen LogP contribution in [0, 0.1) is 25.1 Å². The number of carbonyl (C=O) groups excluding carboxylic acids is 1. The summed E-state index contributed by atoms with van der Waals surface area (Å²) in [4.78, 5) is 23.9. The van der Waals surface area contributed by atoms with Crippen molar-refractivity contribution in [3.63, 3.8) is 0 Å². The Balaban J connectivity index is 1.93. The van der Waals surface area contributed by atoms with Gasteiger partial charge in [0, 0.05) is 17.7 Å². The van der Waals surface area contributed by atoms with Crippen LogP contribution in [0.3, 0.4) is 0 Å². The Kier molecular flexibility index (Phi) is 6.90. The number of nitrogens with zero attached hydrogens (tertiary/aromatic N) is 3. The second-order valence-electron chi connectivity index (χ2n) is 7.31. The minimum absolute atomic E-state index is 0.0370. The number of aryl methyl sites for hydroxylation is 1. The van der Waals surface area contributed by atoms with Crippen molar-refractivity contribution < 1.29 is 36.2 Å². The molecule has 1 aromatic heterocycles. The van der Waals surface area contributed by atoms with Crippen LogP contribution in [0.4, 0.5) is 27.6 Å². The number of ether oxygens (including phenoxy) is 2. The topological polar surface area (TPSA) is 112 Å². The number of halogens is 5. The largest absolute Gasteiger partial charge is 0.463 e. The second kappa shape index (κ2) is 9.50. The van der Waals surface area contributed by atoms with Gasteiger partial charge in [0.05, 0.1) is 12.4 Å². The van der Waals surface area contributed by atoms with Crippen LogP contribution in [0.2, 0.25) is 0 Å². The Morgan fingerprint density at radius 2 is 2.12 bits per heavy atom. The number of hydrogen-bond acceptors (Lipinski definition) is 7. The number of terminal acetylenes is 1. The van der Waals surface area contributed by atoms with Gasteiger partial charge in [-0.05, 0) is 24.6 Å². The number of benzene rings is 1. The lowest BCUT2D eigenvalue weighted by Crippen LogP contribution is -2.48. The van der Waals surface area contributed by atoms with Crippen molar-refractivity contribution in [1.29, 1.82) is 0 Å². The van der Waals surface area contributed by atoms with E-state index in [1.807, 2.05) is 0 Å². The van der Waals surface area contributed by atoms with Crippen LogP contribution >= 0.6 is 0 Å².